The number of rotatable bonds is 8. The first-order valence-corrected chi connectivity index (χ1v) is 10.9. The largest absolute Gasteiger partial charge is 0.493 e. The number of hydrogen-bond donors (Lipinski definition) is 1. The van der Waals surface area contributed by atoms with E-state index in [4.69, 9.17) is 23.6 Å². The van der Waals surface area contributed by atoms with E-state index in [1.165, 1.54) is 0 Å². The minimum Gasteiger partial charge on any atom is -0.493 e. The Labute approximate surface area is 191 Å². The van der Waals surface area contributed by atoms with Gasteiger partial charge in [-0.05, 0) is 37.1 Å². The third kappa shape index (κ3) is 4.63. The Morgan fingerprint density at radius 3 is 2.94 bits per heavy atom. The SMILES string of the molecule is COc1cc(-c2nc(CN(Cc3cccnc3)C[C@@H]3CCC(=O)N3)c(C)o2)cc2c1OCO2. The number of ether oxygens (including phenoxy) is 3. The molecule has 9 heteroatoms. The first-order valence-electron chi connectivity index (χ1n) is 10.9. The molecule has 172 valence electrons. The van der Waals surface area contributed by atoms with Crippen LogP contribution in [0.3, 0.4) is 0 Å². The Morgan fingerprint density at radius 2 is 2.18 bits per heavy atom. The molecule has 0 spiro atoms. The molecule has 1 saturated heterocycles. The third-order valence-corrected chi connectivity index (χ3v) is 5.86. The van der Waals surface area contributed by atoms with Crippen LogP contribution in [0.25, 0.3) is 11.5 Å². The van der Waals surface area contributed by atoms with Crippen molar-refractivity contribution in [2.24, 2.45) is 0 Å². The number of fused-ring (bicyclic) bond motifs is 1. The smallest absolute Gasteiger partial charge is 0.231 e. The lowest BCUT2D eigenvalue weighted by atomic mass is 10.1. The predicted octanol–water partition coefficient (Wildman–Crippen LogP) is 3.06. The summed E-state index contributed by atoms with van der Waals surface area (Å²) in [5.41, 5.74) is 2.70. The number of nitrogens with zero attached hydrogens (tertiary/aromatic N) is 3. The van der Waals surface area contributed by atoms with Crippen LogP contribution in [-0.2, 0) is 17.9 Å². The van der Waals surface area contributed by atoms with E-state index >= 15 is 0 Å². The molecule has 1 aromatic carbocycles. The van der Waals surface area contributed by atoms with Gasteiger partial charge in [0.1, 0.15) is 5.76 Å². The summed E-state index contributed by atoms with van der Waals surface area (Å²) in [5.74, 6) is 3.12. The highest BCUT2D eigenvalue weighted by molar-refractivity contribution is 5.78. The maximum atomic E-state index is 11.7. The molecule has 3 aromatic rings. The molecular weight excluding hydrogens is 424 g/mol. The van der Waals surface area contributed by atoms with E-state index in [0.717, 1.165) is 35.5 Å². The van der Waals surface area contributed by atoms with Gasteiger partial charge < -0.3 is 23.9 Å². The average molecular weight is 450 g/mol. The zero-order valence-corrected chi connectivity index (χ0v) is 18.7. The zero-order valence-electron chi connectivity index (χ0n) is 18.7. The molecule has 1 amide bonds. The van der Waals surface area contributed by atoms with Crippen LogP contribution in [0.5, 0.6) is 17.2 Å². The average Bonchev–Trinajstić information content (AvgIpc) is 3.54. The number of hydrogen-bond acceptors (Lipinski definition) is 8. The maximum absolute atomic E-state index is 11.7. The summed E-state index contributed by atoms with van der Waals surface area (Å²) in [4.78, 5) is 23.0. The topological polar surface area (TPSA) is 99.0 Å². The molecule has 9 nitrogen and oxygen atoms in total. The van der Waals surface area contributed by atoms with Crippen LogP contribution in [0.2, 0.25) is 0 Å². The molecule has 0 bridgehead atoms. The minimum absolute atomic E-state index is 0.109. The summed E-state index contributed by atoms with van der Waals surface area (Å²) in [6.45, 7) is 4.07. The zero-order chi connectivity index (χ0) is 22.8. The first-order chi connectivity index (χ1) is 16.1. The lowest BCUT2D eigenvalue weighted by Gasteiger charge is -2.24. The molecule has 33 heavy (non-hydrogen) atoms. The Bertz CT molecular complexity index is 1150. The second-order valence-corrected chi connectivity index (χ2v) is 8.27. The number of carbonyl (C=O) groups is 1. The fourth-order valence-electron chi connectivity index (χ4n) is 4.22. The van der Waals surface area contributed by atoms with Crippen molar-refractivity contribution in [2.75, 3.05) is 20.4 Å². The number of aryl methyl sites for hydroxylation is 1. The monoisotopic (exact) mass is 450 g/mol. The number of methoxy groups -OCH3 is 1. The highest BCUT2D eigenvalue weighted by atomic mass is 16.7. The lowest BCUT2D eigenvalue weighted by molar-refractivity contribution is -0.119. The summed E-state index contributed by atoms with van der Waals surface area (Å²) >= 11 is 0. The minimum atomic E-state index is 0.109. The van der Waals surface area contributed by atoms with Crippen molar-refractivity contribution in [1.82, 2.24) is 20.2 Å². The van der Waals surface area contributed by atoms with Gasteiger partial charge in [-0.1, -0.05) is 6.07 Å². The van der Waals surface area contributed by atoms with E-state index in [1.54, 1.807) is 13.3 Å². The van der Waals surface area contributed by atoms with Crippen molar-refractivity contribution in [3.63, 3.8) is 0 Å². The van der Waals surface area contributed by atoms with E-state index in [0.29, 0.717) is 42.6 Å². The second-order valence-electron chi connectivity index (χ2n) is 8.27. The van der Waals surface area contributed by atoms with Gasteiger partial charge in [0.15, 0.2) is 11.5 Å². The Kier molecular flexibility index (Phi) is 5.87. The van der Waals surface area contributed by atoms with Gasteiger partial charge in [-0.2, -0.15) is 0 Å². The molecule has 2 aliphatic rings. The van der Waals surface area contributed by atoms with Gasteiger partial charge in [-0.25, -0.2) is 4.98 Å². The van der Waals surface area contributed by atoms with Gasteiger partial charge in [0.05, 0.1) is 12.8 Å². The van der Waals surface area contributed by atoms with Crippen molar-refractivity contribution in [2.45, 2.75) is 38.9 Å². The van der Waals surface area contributed by atoms with E-state index in [1.807, 2.05) is 37.4 Å². The number of carbonyl (C=O) groups excluding carboxylic acids is 1. The molecular formula is C24H26N4O5. The molecule has 0 unspecified atom stereocenters. The van der Waals surface area contributed by atoms with Crippen molar-refractivity contribution in [3.8, 4) is 28.7 Å². The molecule has 0 radical (unpaired) electrons. The van der Waals surface area contributed by atoms with Gasteiger partial charge in [0, 0.05) is 50.1 Å². The molecule has 5 rings (SSSR count). The number of pyridine rings is 1. The number of aromatic nitrogens is 2. The molecule has 1 atom stereocenters. The third-order valence-electron chi connectivity index (χ3n) is 5.86. The summed E-state index contributed by atoms with van der Waals surface area (Å²) in [6, 6.07) is 7.79. The van der Waals surface area contributed by atoms with Crippen LogP contribution >= 0.6 is 0 Å². The second kappa shape index (κ2) is 9.11. The molecule has 1 fully saturated rings. The molecule has 0 aliphatic carbocycles. The number of nitrogens with one attached hydrogen (secondary N) is 1. The Hall–Kier alpha value is -3.59. The summed E-state index contributed by atoms with van der Waals surface area (Å²) in [5, 5.41) is 3.06. The first kappa shape index (κ1) is 21.3. The standard InChI is InChI=1S/C24H26N4O5/c1-15-19(27-24(33-15)17-8-20(30-2)23-21(9-17)31-14-32-23)13-28(11-16-4-3-7-25-10-16)12-18-5-6-22(29)26-18/h3-4,7-10,18H,5-6,11-14H2,1-2H3,(H,26,29)/t18-/m0/s1. The molecule has 0 saturated carbocycles. The number of amides is 1. The highest BCUT2D eigenvalue weighted by Crippen LogP contribution is 2.44. The van der Waals surface area contributed by atoms with Gasteiger partial charge in [-0.3, -0.25) is 14.7 Å². The van der Waals surface area contributed by atoms with Crippen LogP contribution in [0.1, 0.15) is 29.9 Å². The molecule has 4 heterocycles. The fourth-order valence-corrected chi connectivity index (χ4v) is 4.22. The fraction of sp³-hybridized carbons (Fsp3) is 0.375. The van der Waals surface area contributed by atoms with Gasteiger partial charge >= 0.3 is 0 Å². The number of oxazole rings is 1. The summed E-state index contributed by atoms with van der Waals surface area (Å²) in [7, 11) is 1.59. The molecule has 1 N–H and O–H groups in total. The molecule has 2 aliphatic heterocycles. The van der Waals surface area contributed by atoms with Crippen molar-refractivity contribution in [3.05, 3.63) is 53.7 Å². The highest BCUT2D eigenvalue weighted by Gasteiger charge is 2.26. The molecule has 2 aromatic heterocycles. The van der Waals surface area contributed by atoms with E-state index in [2.05, 4.69) is 15.2 Å². The quantitative estimate of drug-likeness (QED) is 0.559. The van der Waals surface area contributed by atoms with Gasteiger partial charge in [-0.15, -0.1) is 0 Å². The van der Waals surface area contributed by atoms with E-state index in [-0.39, 0.29) is 18.7 Å². The Morgan fingerprint density at radius 1 is 1.27 bits per heavy atom. The van der Waals surface area contributed by atoms with Crippen molar-refractivity contribution >= 4 is 5.91 Å². The maximum Gasteiger partial charge on any atom is 0.231 e. The van der Waals surface area contributed by atoms with E-state index < -0.39 is 0 Å². The lowest BCUT2D eigenvalue weighted by Crippen LogP contribution is -2.38. The van der Waals surface area contributed by atoms with Crippen LogP contribution in [0, 0.1) is 6.92 Å². The predicted molar refractivity (Wildman–Crippen MR) is 119 cm³/mol. The van der Waals surface area contributed by atoms with Crippen LogP contribution in [0.4, 0.5) is 0 Å². The van der Waals surface area contributed by atoms with E-state index in [9.17, 15) is 4.79 Å². The summed E-state index contributed by atoms with van der Waals surface area (Å²) in [6.07, 6.45) is 5.03. The van der Waals surface area contributed by atoms with Crippen molar-refractivity contribution in [1.29, 1.82) is 0 Å². The van der Waals surface area contributed by atoms with Gasteiger partial charge in [0.2, 0.25) is 24.3 Å². The van der Waals surface area contributed by atoms with Gasteiger partial charge in [0.25, 0.3) is 0 Å². The van der Waals surface area contributed by atoms with Crippen LogP contribution in [0.15, 0.2) is 41.1 Å². The normalized spacial score (nSPS) is 16.9. The summed E-state index contributed by atoms with van der Waals surface area (Å²) < 4.78 is 22.5. The van der Waals surface area contributed by atoms with Crippen LogP contribution in [-0.4, -0.2) is 47.3 Å². The van der Waals surface area contributed by atoms with Crippen LogP contribution < -0.4 is 19.5 Å². The number of benzene rings is 1. The van der Waals surface area contributed by atoms with Crippen molar-refractivity contribution < 1.29 is 23.4 Å². The Balaban J connectivity index is 1.39.